The second-order valence-electron chi connectivity index (χ2n) is 6.17. The lowest BCUT2D eigenvalue weighted by molar-refractivity contribution is -0.125. The molecule has 0 saturated carbocycles. The van der Waals surface area contributed by atoms with Crippen LogP contribution in [0.2, 0.25) is 5.02 Å². The lowest BCUT2D eigenvalue weighted by atomic mass is 9.94. The van der Waals surface area contributed by atoms with Gasteiger partial charge >= 0.3 is 0 Å². The Bertz CT molecular complexity index is 720. The fourth-order valence-corrected chi connectivity index (χ4v) is 2.63. The Morgan fingerprint density at radius 3 is 2.38 bits per heavy atom. The number of carbonyl (C=O) groups excluding carboxylic acids is 2. The molecule has 0 aromatic heterocycles. The highest BCUT2D eigenvalue weighted by molar-refractivity contribution is 6.30. The van der Waals surface area contributed by atoms with Crippen LogP contribution in [-0.2, 0) is 9.59 Å². The van der Waals surface area contributed by atoms with E-state index in [1.54, 1.807) is 31.2 Å². The second kappa shape index (κ2) is 9.94. The van der Waals surface area contributed by atoms with E-state index < -0.39 is 0 Å². The van der Waals surface area contributed by atoms with Gasteiger partial charge < -0.3 is 16.4 Å². The maximum absolute atomic E-state index is 12.2. The standard InChI is InChI=1S/C20H24ClN3O2/c1-14(19(22)15-6-3-2-4-7-15)20(26)23-13-5-8-18(25)24-17-11-9-16(21)10-12-17/h2-4,6-7,9-12,14,19H,5,8,13,22H2,1H3,(H,23,26)(H,24,25). The van der Waals surface area contributed by atoms with E-state index >= 15 is 0 Å². The van der Waals surface area contributed by atoms with E-state index in [-0.39, 0.29) is 23.8 Å². The number of amides is 2. The number of anilines is 1. The van der Waals surface area contributed by atoms with Crippen LogP contribution in [-0.4, -0.2) is 18.4 Å². The van der Waals surface area contributed by atoms with Gasteiger partial charge in [0.25, 0.3) is 0 Å². The summed E-state index contributed by atoms with van der Waals surface area (Å²) in [6.07, 6.45) is 0.875. The first-order valence-corrected chi connectivity index (χ1v) is 8.99. The molecule has 0 spiro atoms. The summed E-state index contributed by atoms with van der Waals surface area (Å²) < 4.78 is 0. The Balaban J connectivity index is 1.69. The topological polar surface area (TPSA) is 84.2 Å². The molecule has 6 heteroatoms. The van der Waals surface area contributed by atoms with Gasteiger partial charge in [0, 0.05) is 29.7 Å². The minimum atomic E-state index is -0.357. The highest BCUT2D eigenvalue weighted by atomic mass is 35.5. The van der Waals surface area contributed by atoms with Gasteiger partial charge in [-0.3, -0.25) is 9.59 Å². The van der Waals surface area contributed by atoms with Crippen molar-refractivity contribution in [2.75, 3.05) is 11.9 Å². The predicted molar refractivity (Wildman–Crippen MR) is 105 cm³/mol. The number of hydrogen-bond donors (Lipinski definition) is 3. The zero-order chi connectivity index (χ0) is 18.9. The van der Waals surface area contributed by atoms with E-state index in [9.17, 15) is 9.59 Å². The molecule has 0 fully saturated rings. The summed E-state index contributed by atoms with van der Waals surface area (Å²) in [7, 11) is 0. The van der Waals surface area contributed by atoms with Crippen molar-refractivity contribution in [1.82, 2.24) is 5.32 Å². The van der Waals surface area contributed by atoms with Crippen molar-refractivity contribution in [2.24, 2.45) is 11.7 Å². The molecule has 2 aromatic carbocycles. The van der Waals surface area contributed by atoms with Gasteiger partial charge in [0.05, 0.1) is 5.92 Å². The molecule has 0 bridgehead atoms. The van der Waals surface area contributed by atoms with Crippen molar-refractivity contribution in [3.05, 3.63) is 65.2 Å². The third kappa shape index (κ3) is 6.17. The lowest BCUT2D eigenvalue weighted by Gasteiger charge is -2.19. The molecule has 0 radical (unpaired) electrons. The number of nitrogens with two attached hydrogens (primary N) is 1. The first-order valence-electron chi connectivity index (χ1n) is 8.61. The van der Waals surface area contributed by atoms with Crippen LogP contribution in [0.5, 0.6) is 0 Å². The molecule has 2 unspecified atom stereocenters. The van der Waals surface area contributed by atoms with Gasteiger partial charge in [0.2, 0.25) is 11.8 Å². The van der Waals surface area contributed by atoms with Crippen LogP contribution in [0.3, 0.4) is 0 Å². The van der Waals surface area contributed by atoms with E-state index in [0.717, 1.165) is 5.56 Å². The zero-order valence-electron chi connectivity index (χ0n) is 14.7. The van der Waals surface area contributed by atoms with Crippen LogP contribution in [0, 0.1) is 5.92 Å². The van der Waals surface area contributed by atoms with Crippen molar-refractivity contribution in [3.8, 4) is 0 Å². The third-order valence-electron chi connectivity index (χ3n) is 4.14. The third-order valence-corrected chi connectivity index (χ3v) is 4.40. The van der Waals surface area contributed by atoms with Crippen molar-refractivity contribution >= 4 is 29.1 Å². The Morgan fingerprint density at radius 1 is 1.08 bits per heavy atom. The molecule has 2 atom stereocenters. The highest BCUT2D eigenvalue weighted by Crippen LogP contribution is 2.19. The first kappa shape index (κ1) is 19.9. The molecule has 2 amide bonds. The van der Waals surface area contributed by atoms with Crippen LogP contribution in [0.1, 0.15) is 31.4 Å². The number of halogens is 1. The summed E-state index contributed by atoms with van der Waals surface area (Å²) in [6.45, 7) is 2.24. The van der Waals surface area contributed by atoms with Crippen LogP contribution >= 0.6 is 11.6 Å². The molecule has 0 aliphatic rings. The zero-order valence-corrected chi connectivity index (χ0v) is 15.5. The Morgan fingerprint density at radius 2 is 1.73 bits per heavy atom. The molecule has 138 valence electrons. The number of carbonyl (C=O) groups is 2. The largest absolute Gasteiger partial charge is 0.356 e. The normalized spacial score (nSPS) is 12.9. The number of hydrogen-bond acceptors (Lipinski definition) is 3. The maximum atomic E-state index is 12.2. The quantitative estimate of drug-likeness (QED) is 0.619. The van der Waals surface area contributed by atoms with Crippen LogP contribution < -0.4 is 16.4 Å². The van der Waals surface area contributed by atoms with Gasteiger partial charge in [0.15, 0.2) is 0 Å². The van der Waals surface area contributed by atoms with Gasteiger partial charge in [-0.05, 0) is 36.2 Å². The molecule has 2 aromatic rings. The molecule has 0 heterocycles. The summed E-state index contributed by atoms with van der Waals surface area (Å²) in [5, 5.41) is 6.25. The molecule has 2 rings (SSSR count). The van der Waals surface area contributed by atoms with Crippen LogP contribution in [0.25, 0.3) is 0 Å². The molecule has 26 heavy (non-hydrogen) atoms. The van der Waals surface area contributed by atoms with Crippen molar-refractivity contribution < 1.29 is 9.59 Å². The summed E-state index contributed by atoms with van der Waals surface area (Å²) >= 11 is 5.81. The van der Waals surface area contributed by atoms with Crippen LogP contribution in [0.4, 0.5) is 5.69 Å². The maximum Gasteiger partial charge on any atom is 0.224 e. The van der Waals surface area contributed by atoms with Crippen molar-refractivity contribution in [2.45, 2.75) is 25.8 Å². The fraction of sp³-hybridized carbons (Fsp3) is 0.300. The minimum Gasteiger partial charge on any atom is -0.356 e. The molecule has 0 saturated heterocycles. The van der Waals surface area contributed by atoms with Gasteiger partial charge in [0.1, 0.15) is 0 Å². The van der Waals surface area contributed by atoms with Gasteiger partial charge in [-0.15, -0.1) is 0 Å². The van der Waals surface area contributed by atoms with E-state index in [4.69, 9.17) is 17.3 Å². The van der Waals surface area contributed by atoms with Gasteiger partial charge in [-0.2, -0.15) is 0 Å². The Kier molecular flexibility index (Phi) is 7.63. The van der Waals surface area contributed by atoms with E-state index in [2.05, 4.69) is 10.6 Å². The summed E-state index contributed by atoms with van der Waals surface area (Å²) in [5.74, 6) is -0.560. The summed E-state index contributed by atoms with van der Waals surface area (Å²) in [5.41, 5.74) is 7.78. The Labute approximate surface area is 158 Å². The predicted octanol–water partition coefficient (Wildman–Crippen LogP) is 3.51. The molecule has 0 aliphatic heterocycles. The molecule has 5 nitrogen and oxygen atoms in total. The van der Waals surface area contributed by atoms with Gasteiger partial charge in [-0.1, -0.05) is 48.9 Å². The number of benzene rings is 2. The summed E-state index contributed by atoms with van der Waals surface area (Å²) in [6, 6.07) is 16.1. The smallest absolute Gasteiger partial charge is 0.224 e. The van der Waals surface area contributed by atoms with Crippen molar-refractivity contribution in [3.63, 3.8) is 0 Å². The average molecular weight is 374 g/mol. The van der Waals surface area contributed by atoms with Crippen molar-refractivity contribution in [1.29, 1.82) is 0 Å². The van der Waals surface area contributed by atoms with E-state index in [1.807, 2.05) is 30.3 Å². The monoisotopic (exact) mass is 373 g/mol. The highest BCUT2D eigenvalue weighted by Gasteiger charge is 2.21. The minimum absolute atomic E-state index is 0.101. The van der Waals surface area contributed by atoms with E-state index in [0.29, 0.717) is 30.1 Å². The molecular weight excluding hydrogens is 350 g/mol. The number of rotatable bonds is 8. The van der Waals surface area contributed by atoms with Crippen LogP contribution in [0.15, 0.2) is 54.6 Å². The summed E-state index contributed by atoms with van der Waals surface area (Å²) in [4.78, 5) is 24.1. The SMILES string of the molecule is CC(C(=O)NCCCC(=O)Nc1ccc(Cl)cc1)C(N)c1ccccc1. The van der Waals surface area contributed by atoms with E-state index in [1.165, 1.54) is 0 Å². The molecule has 0 aliphatic carbocycles. The molecule has 4 N–H and O–H groups in total. The first-order chi connectivity index (χ1) is 12.5. The second-order valence-corrected chi connectivity index (χ2v) is 6.61. The Hall–Kier alpha value is -2.37. The number of nitrogens with one attached hydrogen (secondary N) is 2. The van der Waals surface area contributed by atoms with Gasteiger partial charge in [-0.25, -0.2) is 0 Å². The fourth-order valence-electron chi connectivity index (χ4n) is 2.51. The average Bonchev–Trinajstić information content (AvgIpc) is 2.66. The molecular formula is C20H24ClN3O2. The lowest BCUT2D eigenvalue weighted by Crippen LogP contribution is -2.36.